The predicted molar refractivity (Wildman–Crippen MR) is 193 cm³/mol. The number of carbonyl (C=O) groups excluding carboxylic acids is 6. The van der Waals surface area contributed by atoms with Crippen LogP contribution in [0, 0.1) is 0 Å². The molecule has 0 aliphatic carbocycles. The molecule has 1 heterocycles. The topological polar surface area (TPSA) is 161 Å². The molecule has 2 N–H and O–H groups in total. The molecular weight excluding hydrogens is 656 g/mol. The summed E-state index contributed by atoms with van der Waals surface area (Å²) in [5.41, 5.74) is 0.698. The summed E-state index contributed by atoms with van der Waals surface area (Å²) in [7, 11) is 1.37. The van der Waals surface area contributed by atoms with Gasteiger partial charge in [0.1, 0.15) is 5.75 Å². The van der Waals surface area contributed by atoms with Gasteiger partial charge in [-0.05, 0) is 50.6 Å². The Kier molecular flexibility index (Phi) is 17.1. The molecule has 1 fully saturated rings. The van der Waals surface area contributed by atoms with Crippen molar-refractivity contribution in [2.45, 2.75) is 110 Å². The van der Waals surface area contributed by atoms with Crippen molar-refractivity contribution in [2.75, 3.05) is 35.9 Å². The normalized spacial score (nSPS) is 14.7. The SMILES string of the molecule is CCCCCCCCCCCCOC(=O)CCC(=O)Nc1ccc(OC)c(NC(=O)C(C(C)=O)N2C(=O)C(OCC)N(c3ccccc3)C2=O)c1. The number of hydrogen-bond donors (Lipinski definition) is 2. The molecule has 13 nitrogen and oxygen atoms in total. The molecule has 0 aromatic heterocycles. The summed E-state index contributed by atoms with van der Waals surface area (Å²) in [6.45, 7) is 5.38. The Morgan fingerprint density at radius 2 is 1.47 bits per heavy atom. The number of nitrogens with zero attached hydrogens (tertiary/aromatic N) is 2. The Hall–Kier alpha value is -4.78. The zero-order valence-corrected chi connectivity index (χ0v) is 30.2. The summed E-state index contributed by atoms with van der Waals surface area (Å²) < 4.78 is 16.2. The number of anilines is 3. The fourth-order valence-electron chi connectivity index (χ4n) is 5.77. The molecule has 2 unspecified atom stereocenters. The minimum atomic E-state index is -1.82. The number of urea groups is 1. The lowest BCUT2D eigenvalue weighted by molar-refractivity contribution is -0.144. The van der Waals surface area contributed by atoms with Crippen LogP contribution in [0.1, 0.15) is 97.8 Å². The van der Waals surface area contributed by atoms with Gasteiger partial charge in [0, 0.05) is 24.4 Å². The highest BCUT2D eigenvalue weighted by Crippen LogP contribution is 2.31. The van der Waals surface area contributed by atoms with E-state index in [1.165, 1.54) is 70.3 Å². The number of unbranched alkanes of at least 4 members (excludes halogenated alkanes) is 9. The van der Waals surface area contributed by atoms with Crippen LogP contribution in [0.2, 0.25) is 0 Å². The van der Waals surface area contributed by atoms with Crippen LogP contribution in [0.5, 0.6) is 5.75 Å². The summed E-state index contributed by atoms with van der Waals surface area (Å²) in [5, 5.41) is 5.24. The minimum absolute atomic E-state index is 0.0721. The summed E-state index contributed by atoms with van der Waals surface area (Å²) >= 11 is 0. The van der Waals surface area contributed by atoms with Crippen LogP contribution in [-0.2, 0) is 33.4 Å². The molecule has 5 amide bonds. The molecule has 2 aromatic rings. The zero-order chi connectivity index (χ0) is 37.2. The van der Waals surface area contributed by atoms with Crippen LogP contribution in [0.3, 0.4) is 0 Å². The maximum absolute atomic E-state index is 13.6. The van der Waals surface area contributed by atoms with E-state index in [0.29, 0.717) is 17.2 Å². The number of benzene rings is 2. The average Bonchev–Trinajstić information content (AvgIpc) is 3.34. The first-order valence-corrected chi connectivity index (χ1v) is 17.9. The van der Waals surface area contributed by atoms with E-state index in [1.54, 1.807) is 37.3 Å². The number of esters is 1. The van der Waals surface area contributed by atoms with Gasteiger partial charge in [0.2, 0.25) is 12.1 Å². The number of Topliss-reactive ketones (excluding diaryl/α,β-unsaturated/α-hetero) is 1. The Labute approximate surface area is 300 Å². The van der Waals surface area contributed by atoms with Crippen LogP contribution in [0.4, 0.5) is 21.9 Å². The highest BCUT2D eigenvalue weighted by Gasteiger charge is 2.52. The highest BCUT2D eigenvalue weighted by molar-refractivity contribution is 6.22. The standard InChI is InChI=1S/C38H52N4O9/c1-5-7-8-9-10-11-12-13-14-18-25-51-33(45)24-23-32(44)39-28-21-22-31(49-4)30(26-28)40-35(46)34(27(3)43)42-36(47)37(50-6-2)41(38(42)48)29-19-16-15-17-20-29/h15-17,19-22,26,34,37H,5-14,18,23-25H2,1-4H3,(H,39,44)(H,40,46). The van der Waals surface area contributed by atoms with Crippen LogP contribution in [0.15, 0.2) is 48.5 Å². The average molecular weight is 709 g/mol. The summed E-state index contributed by atoms with van der Waals surface area (Å²) in [6.07, 6.45) is 10.2. The van der Waals surface area contributed by atoms with E-state index in [9.17, 15) is 28.8 Å². The summed E-state index contributed by atoms with van der Waals surface area (Å²) in [6, 6.07) is 10.0. The van der Waals surface area contributed by atoms with Gasteiger partial charge in [-0.15, -0.1) is 0 Å². The molecule has 1 aliphatic rings. The predicted octanol–water partition coefficient (Wildman–Crippen LogP) is 6.61. The second kappa shape index (κ2) is 21.4. The Morgan fingerprint density at radius 1 is 0.824 bits per heavy atom. The van der Waals surface area contributed by atoms with Gasteiger partial charge in [-0.2, -0.15) is 0 Å². The van der Waals surface area contributed by atoms with E-state index >= 15 is 0 Å². The number of para-hydroxylation sites is 1. The second-order valence-electron chi connectivity index (χ2n) is 12.4. The molecule has 13 heteroatoms. The van der Waals surface area contributed by atoms with Crippen molar-refractivity contribution in [1.29, 1.82) is 0 Å². The van der Waals surface area contributed by atoms with Crippen LogP contribution >= 0.6 is 0 Å². The van der Waals surface area contributed by atoms with Crippen molar-refractivity contribution in [3.63, 3.8) is 0 Å². The monoisotopic (exact) mass is 708 g/mol. The lowest BCUT2D eigenvalue weighted by Gasteiger charge is -2.24. The van der Waals surface area contributed by atoms with E-state index in [1.807, 2.05) is 0 Å². The Bertz CT molecular complexity index is 1480. The van der Waals surface area contributed by atoms with Crippen molar-refractivity contribution in [2.24, 2.45) is 0 Å². The molecule has 51 heavy (non-hydrogen) atoms. The maximum Gasteiger partial charge on any atom is 0.335 e. The van der Waals surface area contributed by atoms with Crippen molar-refractivity contribution in [1.82, 2.24) is 4.90 Å². The van der Waals surface area contributed by atoms with E-state index in [2.05, 4.69) is 17.6 Å². The molecule has 1 saturated heterocycles. The van der Waals surface area contributed by atoms with Gasteiger partial charge in [0.25, 0.3) is 11.8 Å². The third-order valence-electron chi connectivity index (χ3n) is 8.40. The number of carbonyl (C=O) groups is 6. The molecular formula is C38H52N4O9. The molecule has 2 aromatic carbocycles. The molecule has 0 radical (unpaired) electrons. The quantitative estimate of drug-likeness (QED) is 0.0561. The number of ether oxygens (including phenoxy) is 3. The first kappa shape index (κ1) is 40.6. The van der Waals surface area contributed by atoms with E-state index in [4.69, 9.17) is 14.2 Å². The van der Waals surface area contributed by atoms with E-state index in [-0.39, 0.29) is 36.6 Å². The highest BCUT2D eigenvalue weighted by atomic mass is 16.5. The van der Waals surface area contributed by atoms with E-state index in [0.717, 1.165) is 31.1 Å². The molecule has 0 spiro atoms. The molecule has 0 saturated carbocycles. The fourth-order valence-corrected chi connectivity index (χ4v) is 5.77. The van der Waals surface area contributed by atoms with Gasteiger partial charge in [-0.1, -0.05) is 82.9 Å². The molecule has 2 atom stereocenters. The lowest BCUT2D eigenvalue weighted by Crippen LogP contribution is -2.52. The first-order chi connectivity index (χ1) is 24.6. The number of methoxy groups -OCH3 is 1. The second-order valence-corrected chi connectivity index (χ2v) is 12.4. The first-order valence-electron chi connectivity index (χ1n) is 17.9. The van der Waals surface area contributed by atoms with Gasteiger partial charge in [-0.3, -0.25) is 28.9 Å². The largest absolute Gasteiger partial charge is 0.495 e. The van der Waals surface area contributed by atoms with Crippen LogP contribution in [-0.4, -0.2) is 73.0 Å². The molecule has 278 valence electrons. The molecule has 3 rings (SSSR count). The third-order valence-corrected chi connectivity index (χ3v) is 8.40. The fraction of sp³-hybridized carbons (Fsp3) is 0.526. The summed E-state index contributed by atoms with van der Waals surface area (Å²) in [4.78, 5) is 80.0. The number of rotatable bonds is 23. The number of hydrogen-bond acceptors (Lipinski definition) is 9. The lowest BCUT2D eigenvalue weighted by atomic mass is 10.1. The number of nitrogens with one attached hydrogen (secondary N) is 2. The van der Waals surface area contributed by atoms with Crippen LogP contribution in [0.25, 0.3) is 0 Å². The molecule has 1 aliphatic heterocycles. The number of amides is 5. The third kappa shape index (κ3) is 12.2. The van der Waals surface area contributed by atoms with Gasteiger partial charge < -0.3 is 24.8 Å². The zero-order valence-electron chi connectivity index (χ0n) is 30.2. The minimum Gasteiger partial charge on any atom is -0.495 e. The van der Waals surface area contributed by atoms with Gasteiger partial charge >= 0.3 is 12.0 Å². The van der Waals surface area contributed by atoms with Gasteiger partial charge in [0.05, 0.1) is 25.8 Å². The number of imide groups is 1. The van der Waals surface area contributed by atoms with Crippen molar-refractivity contribution < 1.29 is 43.0 Å². The van der Waals surface area contributed by atoms with E-state index < -0.39 is 47.8 Å². The van der Waals surface area contributed by atoms with Crippen LogP contribution < -0.4 is 20.3 Å². The van der Waals surface area contributed by atoms with Crippen molar-refractivity contribution >= 4 is 52.6 Å². The van der Waals surface area contributed by atoms with Gasteiger partial charge in [-0.25, -0.2) is 9.69 Å². The Morgan fingerprint density at radius 3 is 2.08 bits per heavy atom. The maximum atomic E-state index is 13.6. The van der Waals surface area contributed by atoms with Gasteiger partial charge in [0.15, 0.2) is 11.8 Å². The molecule has 0 bridgehead atoms. The van der Waals surface area contributed by atoms with Crippen molar-refractivity contribution in [3.8, 4) is 5.75 Å². The van der Waals surface area contributed by atoms with Crippen molar-refractivity contribution in [3.05, 3.63) is 48.5 Å². The summed E-state index contributed by atoms with van der Waals surface area (Å²) in [5.74, 6) is -3.31. The Balaban J connectivity index is 1.55. The number of ketones is 1. The smallest absolute Gasteiger partial charge is 0.335 e.